The quantitative estimate of drug-likeness (QED) is 0.743. The fourth-order valence-corrected chi connectivity index (χ4v) is 1.43. The SMILES string of the molecule is CNCCCNC(=O)COc1ccc(F)c(Cl)c1. The first-order valence-corrected chi connectivity index (χ1v) is 6.00. The van der Waals surface area contributed by atoms with Gasteiger partial charge < -0.3 is 15.4 Å². The predicted molar refractivity (Wildman–Crippen MR) is 68.5 cm³/mol. The van der Waals surface area contributed by atoms with Crippen LogP contribution in [0.3, 0.4) is 0 Å². The Morgan fingerprint density at radius 3 is 2.89 bits per heavy atom. The van der Waals surface area contributed by atoms with Gasteiger partial charge in [-0.15, -0.1) is 0 Å². The first-order chi connectivity index (χ1) is 8.63. The smallest absolute Gasteiger partial charge is 0.257 e. The van der Waals surface area contributed by atoms with Gasteiger partial charge >= 0.3 is 0 Å². The highest BCUT2D eigenvalue weighted by Gasteiger charge is 2.04. The summed E-state index contributed by atoms with van der Waals surface area (Å²) in [6, 6.07) is 3.96. The Bertz CT molecular complexity index is 402. The molecule has 4 nitrogen and oxygen atoms in total. The summed E-state index contributed by atoms with van der Waals surface area (Å²) in [6.45, 7) is 1.32. The van der Waals surface area contributed by atoms with Crippen molar-refractivity contribution in [1.29, 1.82) is 0 Å². The summed E-state index contributed by atoms with van der Waals surface area (Å²) < 4.78 is 18.0. The number of ether oxygens (including phenoxy) is 1. The molecule has 18 heavy (non-hydrogen) atoms. The van der Waals surface area contributed by atoms with E-state index in [2.05, 4.69) is 10.6 Å². The molecule has 6 heteroatoms. The van der Waals surface area contributed by atoms with Crippen LogP contribution in [0.4, 0.5) is 4.39 Å². The van der Waals surface area contributed by atoms with E-state index in [4.69, 9.17) is 16.3 Å². The molecule has 0 unspecified atom stereocenters. The van der Waals surface area contributed by atoms with Gasteiger partial charge in [0, 0.05) is 12.6 Å². The van der Waals surface area contributed by atoms with Gasteiger partial charge in [0.15, 0.2) is 6.61 Å². The lowest BCUT2D eigenvalue weighted by Gasteiger charge is -2.07. The minimum Gasteiger partial charge on any atom is -0.484 e. The predicted octanol–water partition coefficient (Wildman–Crippen LogP) is 1.58. The largest absolute Gasteiger partial charge is 0.484 e. The molecule has 0 bridgehead atoms. The van der Waals surface area contributed by atoms with Crippen molar-refractivity contribution in [3.05, 3.63) is 29.0 Å². The molecule has 0 heterocycles. The van der Waals surface area contributed by atoms with Crippen LogP contribution in [0.2, 0.25) is 5.02 Å². The average molecular weight is 275 g/mol. The summed E-state index contributed by atoms with van der Waals surface area (Å²) in [7, 11) is 1.85. The van der Waals surface area contributed by atoms with Crippen LogP contribution in [-0.2, 0) is 4.79 Å². The number of rotatable bonds is 7. The molecular formula is C12H16ClFN2O2. The van der Waals surface area contributed by atoms with Crippen molar-refractivity contribution in [2.24, 2.45) is 0 Å². The third-order valence-corrected chi connectivity index (χ3v) is 2.48. The van der Waals surface area contributed by atoms with Gasteiger partial charge in [0.1, 0.15) is 11.6 Å². The van der Waals surface area contributed by atoms with E-state index in [9.17, 15) is 9.18 Å². The fraction of sp³-hybridized carbons (Fsp3) is 0.417. The molecular weight excluding hydrogens is 259 g/mol. The topological polar surface area (TPSA) is 50.4 Å². The first kappa shape index (κ1) is 14.7. The highest BCUT2D eigenvalue weighted by molar-refractivity contribution is 6.30. The van der Waals surface area contributed by atoms with Crippen LogP contribution in [0.15, 0.2) is 18.2 Å². The molecule has 0 aliphatic rings. The molecule has 0 spiro atoms. The molecule has 0 radical (unpaired) electrons. The number of carbonyl (C=O) groups excluding carboxylic acids is 1. The maximum atomic E-state index is 12.9. The molecule has 0 atom stereocenters. The van der Waals surface area contributed by atoms with Crippen molar-refractivity contribution in [2.75, 3.05) is 26.7 Å². The Hall–Kier alpha value is -1.33. The Morgan fingerprint density at radius 2 is 2.22 bits per heavy atom. The molecule has 0 fully saturated rings. The van der Waals surface area contributed by atoms with Gasteiger partial charge in [-0.05, 0) is 32.1 Å². The number of carbonyl (C=O) groups is 1. The number of hydrogen-bond donors (Lipinski definition) is 2. The molecule has 0 saturated heterocycles. The van der Waals surface area contributed by atoms with Crippen molar-refractivity contribution in [1.82, 2.24) is 10.6 Å². The van der Waals surface area contributed by atoms with Crippen LogP contribution in [0.25, 0.3) is 0 Å². The summed E-state index contributed by atoms with van der Waals surface area (Å²) >= 11 is 5.59. The first-order valence-electron chi connectivity index (χ1n) is 5.62. The van der Waals surface area contributed by atoms with Crippen LogP contribution in [-0.4, -0.2) is 32.7 Å². The lowest BCUT2D eigenvalue weighted by Crippen LogP contribution is -2.30. The standard InChI is InChI=1S/C12H16ClFN2O2/c1-15-5-2-6-16-12(17)8-18-9-3-4-11(14)10(13)7-9/h3-4,7,15H,2,5-6,8H2,1H3,(H,16,17). The van der Waals surface area contributed by atoms with E-state index < -0.39 is 5.82 Å². The molecule has 0 aromatic heterocycles. The zero-order valence-electron chi connectivity index (χ0n) is 10.1. The number of halogens is 2. The van der Waals surface area contributed by atoms with Crippen LogP contribution in [0.5, 0.6) is 5.75 Å². The van der Waals surface area contributed by atoms with Gasteiger partial charge in [-0.2, -0.15) is 0 Å². The summed E-state index contributed by atoms with van der Waals surface area (Å²) in [4.78, 5) is 11.4. The molecule has 1 aromatic rings. The lowest BCUT2D eigenvalue weighted by molar-refractivity contribution is -0.123. The number of amides is 1. The Balaban J connectivity index is 2.27. The Kier molecular flexibility index (Phi) is 6.46. The van der Waals surface area contributed by atoms with E-state index in [-0.39, 0.29) is 17.5 Å². The summed E-state index contributed by atoms with van der Waals surface area (Å²) in [5, 5.41) is 5.65. The van der Waals surface area contributed by atoms with Crippen LogP contribution in [0.1, 0.15) is 6.42 Å². The van der Waals surface area contributed by atoms with Crippen molar-refractivity contribution in [2.45, 2.75) is 6.42 Å². The highest BCUT2D eigenvalue weighted by atomic mass is 35.5. The molecule has 1 amide bonds. The monoisotopic (exact) mass is 274 g/mol. The maximum Gasteiger partial charge on any atom is 0.257 e. The van der Waals surface area contributed by atoms with Gasteiger partial charge in [0.05, 0.1) is 5.02 Å². The van der Waals surface area contributed by atoms with Gasteiger partial charge in [-0.3, -0.25) is 4.79 Å². The summed E-state index contributed by atoms with van der Waals surface area (Å²) in [5.74, 6) is -0.362. The second-order valence-electron chi connectivity index (χ2n) is 3.67. The second kappa shape index (κ2) is 7.89. The molecule has 0 aliphatic heterocycles. The second-order valence-corrected chi connectivity index (χ2v) is 4.08. The normalized spacial score (nSPS) is 10.2. The zero-order chi connectivity index (χ0) is 13.4. The van der Waals surface area contributed by atoms with Gasteiger partial charge in [-0.25, -0.2) is 4.39 Å². The van der Waals surface area contributed by atoms with E-state index in [0.29, 0.717) is 12.3 Å². The van der Waals surface area contributed by atoms with E-state index in [1.807, 2.05) is 7.05 Å². The minimum atomic E-state index is -0.513. The van der Waals surface area contributed by atoms with E-state index in [1.165, 1.54) is 18.2 Å². The zero-order valence-corrected chi connectivity index (χ0v) is 10.9. The van der Waals surface area contributed by atoms with E-state index in [1.54, 1.807) is 0 Å². The molecule has 0 aliphatic carbocycles. The molecule has 1 rings (SSSR count). The van der Waals surface area contributed by atoms with Crippen LogP contribution in [0, 0.1) is 5.82 Å². The lowest BCUT2D eigenvalue weighted by atomic mass is 10.3. The number of hydrogen-bond acceptors (Lipinski definition) is 3. The third kappa shape index (κ3) is 5.33. The average Bonchev–Trinajstić information content (AvgIpc) is 2.36. The Labute approximate surface area is 110 Å². The van der Waals surface area contributed by atoms with Gasteiger partial charge in [0.25, 0.3) is 5.91 Å². The van der Waals surface area contributed by atoms with Crippen molar-refractivity contribution in [3.8, 4) is 5.75 Å². The Morgan fingerprint density at radius 1 is 1.44 bits per heavy atom. The molecule has 1 aromatic carbocycles. The molecule has 0 saturated carbocycles. The summed E-state index contributed by atoms with van der Waals surface area (Å²) in [5.41, 5.74) is 0. The molecule has 2 N–H and O–H groups in total. The van der Waals surface area contributed by atoms with E-state index >= 15 is 0 Å². The van der Waals surface area contributed by atoms with Crippen molar-refractivity contribution >= 4 is 17.5 Å². The maximum absolute atomic E-state index is 12.9. The minimum absolute atomic E-state index is 0.0260. The van der Waals surface area contributed by atoms with E-state index in [0.717, 1.165) is 13.0 Å². The van der Waals surface area contributed by atoms with Gasteiger partial charge in [-0.1, -0.05) is 11.6 Å². The number of nitrogens with one attached hydrogen (secondary N) is 2. The van der Waals surface area contributed by atoms with Crippen molar-refractivity contribution < 1.29 is 13.9 Å². The molecule has 100 valence electrons. The number of benzene rings is 1. The van der Waals surface area contributed by atoms with Crippen LogP contribution >= 0.6 is 11.6 Å². The van der Waals surface area contributed by atoms with Gasteiger partial charge in [0.2, 0.25) is 0 Å². The van der Waals surface area contributed by atoms with Crippen molar-refractivity contribution in [3.63, 3.8) is 0 Å². The third-order valence-electron chi connectivity index (χ3n) is 2.19. The highest BCUT2D eigenvalue weighted by Crippen LogP contribution is 2.20. The summed E-state index contributed by atoms with van der Waals surface area (Å²) in [6.07, 6.45) is 0.852. The van der Waals surface area contributed by atoms with Crippen LogP contribution < -0.4 is 15.4 Å². The fourth-order valence-electron chi connectivity index (χ4n) is 1.26.